The van der Waals surface area contributed by atoms with Crippen molar-refractivity contribution in [3.8, 4) is 34.3 Å². The van der Waals surface area contributed by atoms with Crippen molar-refractivity contribution in [1.29, 1.82) is 0 Å². The molecule has 2 atom stereocenters. The van der Waals surface area contributed by atoms with Gasteiger partial charge in [0.1, 0.15) is 18.8 Å². The van der Waals surface area contributed by atoms with E-state index in [0.717, 1.165) is 11.1 Å². The fraction of sp³-hybridized carbons (Fsp3) is 0.333. The van der Waals surface area contributed by atoms with E-state index in [9.17, 15) is 19.1 Å². The van der Waals surface area contributed by atoms with Gasteiger partial charge in [-0.3, -0.25) is 4.79 Å². The Balaban J connectivity index is 1.47. The number of aromatic carboxylic acids is 1. The van der Waals surface area contributed by atoms with Crippen LogP contribution in [0.15, 0.2) is 47.4 Å². The summed E-state index contributed by atoms with van der Waals surface area (Å²) in [6.45, 7) is 4.42. The van der Waals surface area contributed by atoms with Crippen molar-refractivity contribution in [2.24, 2.45) is 5.92 Å². The summed E-state index contributed by atoms with van der Waals surface area (Å²) in [4.78, 5) is 24.1. The fourth-order valence-electron chi connectivity index (χ4n) is 4.73. The van der Waals surface area contributed by atoms with Crippen LogP contribution in [0, 0.1) is 11.7 Å². The number of hydrogen-bond donors (Lipinski definition) is 1. The molecule has 1 N–H and O–H groups in total. The van der Waals surface area contributed by atoms with Crippen molar-refractivity contribution < 1.29 is 33.2 Å². The first-order chi connectivity index (χ1) is 17.3. The van der Waals surface area contributed by atoms with Gasteiger partial charge < -0.3 is 28.6 Å². The number of ether oxygens (including phenoxy) is 4. The lowest BCUT2D eigenvalue weighted by atomic mass is 9.87. The maximum atomic E-state index is 14.1. The van der Waals surface area contributed by atoms with Gasteiger partial charge in [0.2, 0.25) is 0 Å². The van der Waals surface area contributed by atoms with Gasteiger partial charge in [-0.1, -0.05) is 19.9 Å². The Morgan fingerprint density at radius 1 is 1.25 bits per heavy atom. The van der Waals surface area contributed by atoms with Crippen LogP contribution in [0.1, 0.15) is 35.8 Å². The minimum Gasteiger partial charge on any atom is -0.493 e. The first-order valence-corrected chi connectivity index (χ1v) is 11.7. The van der Waals surface area contributed by atoms with Crippen LogP contribution in [-0.2, 0) is 6.42 Å². The molecule has 0 radical (unpaired) electrons. The van der Waals surface area contributed by atoms with E-state index < -0.39 is 23.3 Å². The number of hydrogen-bond acceptors (Lipinski definition) is 6. The van der Waals surface area contributed by atoms with Crippen molar-refractivity contribution in [3.63, 3.8) is 0 Å². The predicted octanol–water partition coefficient (Wildman–Crippen LogP) is 4.33. The number of carbonyl (C=O) groups is 1. The molecule has 8 nitrogen and oxygen atoms in total. The number of nitrogens with zero attached hydrogens (tertiary/aromatic N) is 1. The molecule has 0 saturated carbocycles. The molecule has 36 heavy (non-hydrogen) atoms. The molecule has 2 aliphatic rings. The number of methoxy groups -OCH3 is 1. The van der Waals surface area contributed by atoms with Crippen LogP contribution < -0.4 is 24.4 Å². The number of benzene rings is 2. The quantitative estimate of drug-likeness (QED) is 0.544. The van der Waals surface area contributed by atoms with Gasteiger partial charge in [-0.05, 0) is 42.2 Å². The van der Waals surface area contributed by atoms with E-state index in [2.05, 4.69) is 13.8 Å². The second kappa shape index (κ2) is 9.22. The van der Waals surface area contributed by atoms with Crippen LogP contribution in [0.3, 0.4) is 0 Å². The Morgan fingerprint density at radius 3 is 2.78 bits per heavy atom. The van der Waals surface area contributed by atoms with Crippen molar-refractivity contribution in [1.82, 2.24) is 4.57 Å². The summed E-state index contributed by atoms with van der Waals surface area (Å²) in [5.41, 5.74) is 1.55. The van der Waals surface area contributed by atoms with Crippen LogP contribution in [0.5, 0.6) is 23.0 Å². The standard InChI is InChI=1S/C27H26FNO7/c1-14(2)20-7-15-8-25(35-13-16-12-34-23-6-4-5-19(28)26(23)36-16)24(33-3)9-17(15)21-10-22(30)18(27(31)32)11-29(20)21/h4-6,8-11,14,16,20H,7,12-13H2,1-3H3,(H,31,32). The van der Waals surface area contributed by atoms with Crippen molar-refractivity contribution in [2.75, 3.05) is 20.3 Å². The second-order valence-electron chi connectivity index (χ2n) is 9.25. The van der Waals surface area contributed by atoms with E-state index >= 15 is 0 Å². The number of rotatable bonds is 6. The topological polar surface area (TPSA) is 96.2 Å². The molecule has 1 aromatic heterocycles. The lowest BCUT2D eigenvalue weighted by Crippen LogP contribution is -2.35. The Bertz CT molecular complexity index is 1400. The van der Waals surface area contributed by atoms with Gasteiger partial charge in [-0.15, -0.1) is 0 Å². The normalized spacial score (nSPS) is 17.8. The Morgan fingerprint density at radius 2 is 2.06 bits per heavy atom. The van der Waals surface area contributed by atoms with Gasteiger partial charge in [-0.2, -0.15) is 0 Å². The molecule has 0 bridgehead atoms. The smallest absolute Gasteiger partial charge is 0.341 e. The molecule has 0 fully saturated rings. The summed E-state index contributed by atoms with van der Waals surface area (Å²) >= 11 is 0. The number of para-hydroxylation sites is 1. The average molecular weight is 496 g/mol. The fourth-order valence-corrected chi connectivity index (χ4v) is 4.73. The molecule has 0 amide bonds. The molecule has 0 aliphatic carbocycles. The van der Waals surface area contributed by atoms with Crippen molar-refractivity contribution in [2.45, 2.75) is 32.4 Å². The Labute approximate surface area is 206 Å². The lowest BCUT2D eigenvalue weighted by Gasteiger charge is -2.34. The maximum Gasteiger partial charge on any atom is 0.341 e. The van der Waals surface area contributed by atoms with E-state index in [4.69, 9.17) is 18.9 Å². The minimum atomic E-state index is -1.25. The molecule has 5 rings (SSSR count). The molecular weight excluding hydrogens is 469 g/mol. The highest BCUT2D eigenvalue weighted by atomic mass is 19.1. The molecule has 2 unspecified atom stereocenters. The van der Waals surface area contributed by atoms with Crippen LogP contribution in [0.4, 0.5) is 4.39 Å². The highest BCUT2D eigenvalue weighted by Gasteiger charge is 2.30. The summed E-state index contributed by atoms with van der Waals surface area (Å²) < 4.78 is 39.0. The summed E-state index contributed by atoms with van der Waals surface area (Å²) in [7, 11) is 1.51. The summed E-state index contributed by atoms with van der Waals surface area (Å²) in [6.07, 6.45) is 1.53. The predicted molar refractivity (Wildman–Crippen MR) is 129 cm³/mol. The van der Waals surface area contributed by atoms with Crippen LogP contribution in [-0.4, -0.2) is 42.1 Å². The van der Waals surface area contributed by atoms with E-state index in [1.165, 1.54) is 25.4 Å². The molecule has 0 spiro atoms. The van der Waals surface area contributed by atoms with Gasteiger partial charge >= 0.3 is 5.97 Å². The lowest BCUT2D eigenvalue weighted by molar-refractivity contribution is 0.0487. The number of aromatic nitrogens is 1. The largest absolute Gasteiger partial charge is 0.493 e. The zero-order valence-corrected chi connectivity index (χ0v) is 20.1. The van der Waals surface area contributed by atoms with Crippen LogP contribution in [0.25, 0.3) is 11.3 Å². The number of carboxylic acid groups (broad SMARTS) is 1. The van der Waals surface area contributed by atoms with Gasteiger partial charge in [0, 0.05) is 23.9 Å². The van der Waals surface area contributed by atoms with Gasteiger partial charge in [0.15, 0.2) is 40.3 Å². The molecular formula is C27H26FNO7. The Hall–Kier alpha value is -4.01. The van der Waals surface area contributed by atoms with Gasteiger partial charge in [0.05, 0.1) is 12.8 Å². The summed E-state index contributed by atoms with van der Waals surface area (Å²) in [6, 6.07) is 9.51. The number of fused-ring (bicyclic) bond motifs is 4. The number of halogens is 1. The minimum absolute atomic E-state index is 0.0537. The summed E-state index contributed by atoms with van der Waals surface area (Å²) in [5, 5.41) is 9.45. The number of carboxylic acids is 1. The molecule has 2 aromatic carbocycles. The zero-order chi connectivity index (χ0) is 25.6. The molecule has 3 heterocycles. The number of pyridine rings is 1. The molecule has 3 aromatic rings. The maximum absolute atomic E-state index is 14.1. The van der Waals surface area contributed by atoms with Crippen molar-refractivity contribution >= 4 is 5.97 Å². The first kappa shape index (κ1) is 23.7. The Kier molecular flexibility index (Phi) is 6.07. The zero-order valence-electron chi connectivity index (χ0n) is 20.1. The molecule has 2 aliphatic heterocycles. The second-order valence-corrected chi connectivity index (χ2v) is 9.25. The SMILES string of the molecule is COc1cc2c(cc1OCC1COc3cccc(F)c3O1)CC(C(C)C)n1cc(C(=O)O)c(=O)cc1-2. The third kappa shape index (κ3) is 4.14. The van der Waals surface area contributed by atoms with E-state index in [1.807, 2.05) is 10.6 Å². The monoisotopic (exact) mass is 495 g/mol. The van der Waals surface area contributed by atoms with E-state index in [-0.39, 0.29) is 36.5 Å². The van der Waals surface area contributed by atoms with Crippen LogP contribution in [0.2, 0.25) is 0 Å². The molecule has 9 heteroatoms. The highest BCUT2D eigenvalue weighted by Crippen LogP contribution is 2.43. The third-order valence-corrected chi connectivity index (χ3v) is 6.60. The van der Waals surface area contributed by atoms with E-state index in [1.54, 1.807) is 18.2 Å². The van der Waals surface area contributed by atoms with Crippen LogP contribution >= 0.6 is 0 Å². The average Bonchev–Trinajstić information content (AvgIpc) is 2.86. The first-order valence-electron chi connectivity index (χ1n) is 11.7. The third-order valence-electron chi connectivity index (χ3n) is 6.60. The van der Waals surface area contributed by atoms with Crippen molar-refractivity contribution in [3.05, 3.63) is 69.8 Å². The van der Waals surface area contributed by atoms with E-state index in [0.29, 0.717) is 29.4 Å². The molecule has 0 saturated heterocycles. The molecule has 188 valence electrons. The van der Waals surface area contributed by atoms with Gasteiger partial charge in [-0.25, -0.2) is 9.18 Å². The highest BCUT2D eigenvalue weighted by molar-refractivity contribution is 5.88. The van der Waals surface area contributed by atoms with Gasteiger partial charge in [0.25, 0.3) is 0 Å². The summed E-state index contributed by atoms with van der Waals surface area (Å²) in [5.74, 6) is -0.213.